The van der Waals surface area contributed by atoms with Crippen molar-refractivity contribution in [2.45, 2.75) is 45.3 Å². The summed E-state index contributed by atoms with van der Waals surface area (Å²) < 4.78 is 5.46. The van der Waals surface area contributed by atoms with Crippen LogP contribution in [0.5, 0.6) is 0 Å². The van der Waals surface area contributed by atoms with E-state index in [4.69, 9.17) is 9.84 Å². The van der Waals surface area contributed by atoms with E-state index in [-0.39, 0.29) is 30.6 Å². The highest BCUT2D eigenvalue weighted by atomic mass is 16.5. The van der Waals surface area contributed by atoms with Crippen LogP contribution in [-0.2, 0) is 9.53 Å². The van der Waals surface area contributed by atoms with E-state index in [1.165, 1.54) is 0 Å². The number of rotatable bonds is 5. The van der Waals surface area contributed by atoms with E-state index in [0.29, 0.717) is 6.61 Å². The van der Waals surface area contributed by atoms with Gasteiger partial charge in [-0.2, -0.15) is 0 Å². The Morgan fingerprint density at radius 1 is 1.60 bits per heavy atom. The SMILES string of the molecule is CCC1OCCC1C(=O)N[C@H](CC)CO. The van der Waals surface area contributed by atoms with Crippen LogP contribution in [0, 0.1) is 5.92 Å². The van der Waals surface area contributed by atoms with Crippen LogP contribution in [-0.4, -0.2) is 36.4 Å². The summed E-state index contributed by atoms with van der Waals surface area (Å²) >= 11 is 0. The Hall–Kier alpha value is -0.610. The molecule has 0 saturated carbocycles. The van der Waals surface area contributed by atoms with Crippen LogP contribution in [0.2, 0.25) is 0 Å². The van der Waals surface area contributed by atoms with Gasteiger partial charge < -0.3 is 15.2 Å². The minimum absolute atomic E-state index is 0.00656. The van der Waals surface area contributed by atoms with Gasteiger partial charge in [-0.25, -0.2) is 0 Å². The molecule has 1 fully saturated rings. The first kappa shape index (κ1) is 12.5. The second-order valence-electron chi connectivity index (χ2n) is 4.01. The summed E-state index contributed by atoms with van der Waals surface area (Å²) in [5.41, 5.74) is 0. The molecule has 0 bridgehead atoms. The van der Waals surface area contributed by atoms with Gasteiger partial charge in [-0.15, -0.1) is 0 Å². The van der Waals surface area contributed by atoms with Crippen molar-refractivity contribution < 1.29 is 14.6 Å². The fourth-order valence-electron chi connectivity index (χ4n) is 1.94. The third kappa shape index (κ3) is 3.18. The van der Waals surface area contributed by atoms with Crippen molar-refractivity contribution >= 4 is 5.91 Å². The molecule has 1 heterocycles. The highest BCUT2D eigenvalue weighted by Gasteiger charge is 2.33. The molecule has 1 aliphatic heterocycles. The van der Waals surface area contributed by atoms with E-state index in [2.05, 4.69) is 5.32 Å². The zero-order valence-corrected chi connectivity index (χ0v) is 9.53. The Morgan fingerprint density at radius 3 is 2.87 bits per heavy atom. The van der Waals surface area contributed by atoms with E-state index in [1.54, 1.807) is 0 Å². The number of ether oxygens (including phenoxy) is 1. The zero-order valence-electron chi connectivity index (χ0n) is 9.53. The average Bonchev–Trinajstić information content (AvgIpc) is 2.73. The first-order valence-corrected chi connectivity index (χ1v) is 5.75. The minimum atomic E-state index is -0.115. The second kappa shape index (κ2) is 6.08. The van der Waals surface area contributed by atoms with Crippen molar-refractivity contribution in [3.8, 4) is 0 Å². The molecular weight excluding hydrogens is 194 g/mol. The lowest BCUT2D eigenvalue weighted by atomic mass is 9.98. The third-order valence-corrected chi connectivity index (χ3v) is 3.01. The van der Waals surface area contributed by atoms with Crippen molar-refractivity contribution in [2.75, 3.05) is 13.2 Å². The van der Waals surface area contributed by atoms with Crippen LogP contribution < -0.4 is 5.32 Å². The second-order valence-corrected chi connectivity index (χ2v) is 4.01. The van der Waals surface area contributed by atoms with Crippen LogP contribution in [0.4, 0.5) is 0 Å². The minimum Gasteiger partial charge on any atom is -0.394 e. The highest BCUT2D eigenvalue weighted by molar-refractivity contribution is 5.79. The quantitative estimate of drug-likeness (QED) is 0.709. The zero-order chi connectivity index (χ0) is 11.3. The maximum Gasteiger partial charge on any atom is 0.226 e. The standard InChI is InChI=1S/C11H21NO3/c1-3-8(7-13)12-11(14)9-5-6-15-10(9)4-2/h8-10,13H,3-7H2,1-2H3,(H,12,14)/t8-,9?,10?/m1/s1. The number of amides is 1. The number of nitrogens with one attached hydrogen (secondary N) is 1. The molecule has 0 spiro atoms. The molecule has 1 amide bonds. The van der Waals surface area contributed by atoms with Gasteiger partial charge in [0.15, 0.2) is 0 Å². The van der Waals surface area contributed by atoms with Gasteiger partial charge in [0.25, 0.3) is 0 Å². The van der Waals surface area contributed by atoms with Gasteiger partial charge in [-0.1, -0.05) is 13.8 Å². The fraction of sp³-hybridized carbons (Fsp3) is 0.909. The molecule has 0 aromatic rings. The van der Waals surface area contributed by atoms with E-state index in [9.17, 15) is 4.79 Å². The van der Waals surface area contributed by atoms with Crippen LogP contribution in [0.1, 0.15) is 33.1 Å². The number of carbonyl (C=O) groups excluding carboxylic acids is 1. The van der Waals surface area contributed by atoms with Gasteiger partial charge in [-0.05, 0) is 19.3 Å². The Balaban J connectivity index is 2.45. The monoisotopic (exact) mass is 215 g/mol. The molecule has 2 N–H and O–H groups in total. The number of carbonyl (C=O) groups is 1. The van der Waals surface area contributed by atoms with E-state index >= 15 is 0 Å². The Labute approximate surface area is 91.0 Å². The topological polar surface area (TPSA) is 58.6 Å². The maximum atomic E-state index is 11.8. The molecule has 0 aliphatic carbocycles. The highest BCUT2D eigenvalue weighted by Crippen LogP contribution is 2.23. The van der Waals surface area contributed by atoms with Crippen LogP contribution in [0.15, 0.2) is 0 Å². The van der Waals surface area contributed by atoms with Crippen LogP contribution in [0.3, 0.4) is 0 Å². The lowest BCUT2D eigenvalue weighted by molar-refractivity contribution is -0.127. The number of hydrogen-bond donors (Lipinski definition) is 2. The average molecular weight is 215 g/mol. The van der Waals surface area contributed by atoms with Gasteiger partial charge in [0.05, 0.1) is 24.7 Å². The predicted molar refractivity (Wildman–Crippen MR) is 57.4 cm³/mol. The molecule has 1 aliphatic rings. The molecule has 4 heteroatoms. The molecule has 1 saturated heterocycles. The van der Waals surface area contributed by atoms with Crippen LogP contribution >= 0.6 is 0 Å². The van der Waals surface area contributed by atoms with Crippen molar-refractivity contribution in [1.82, 2.24) is 5.32 Å². The van der Waals surface area contributed by atoms with E-state index in [0.717, 1.165) is 19.3 Å². The first-order valence-electron chi connectivity index (χ1n) is 5.75. The van der Waals surface area contributed by atoms with Crippen LogP contribution in [0.25, 0.3) is 0 Å². The maximum absolute atomic E-state index is 11.8. The first-order chi connectivity index (χ1) is 7.22. The summed E-state index contributed by atoms with van der Waals surface area (Å²) in [5.74, 6) is -0.00384. The molecule has 0 aromatic heterocycles. The Bertz CT molecular complexity index is 204. The van der Waals surface area contributed by atoms with Gasteiger partial charge in [0, 0.05) is 6.61 Å². The molecule has 0 aromatic carbocycles. The summed E-state index contributed by atoms with van der Waals surface area (Å²) in [5, 5.41) is 11.8. The molecule has 15 heavy (non-hydrogen) atoms. The molecule has 2 unspecified atom stereocenters. The molecule has 4 nitrogen and oxygen atoms in total. The Morgan fingerprint density at radius 2 is 2.33 bits per heavy atom. The Kier molecular flexibility index (Phi) is 5.05. The molecule has 3 atom stereocenters. The van der Waals surface area contributed by atoms with Gasteiger partial charge >= 0.3 is 0 Å². The van der Waals surface area contributed by atoms with Crippen molar-refractivity contribution in [3.05, 3.63) is 0 Å². The summed E-state index contributed by atoms with van der Waals surface area (Å²) in [6.07, 6.45) is 2.48. The van der Waals surface area contributed by atoms with Gasteiger partial charge in [0.1, 0.15) is 0 Å². The molecule has 88 valence electrons. The number of hydrogen-bond acceptors (Lipinski definition) is 3. The van der Waals surface area contributed by atoms with Gasteiger partial charge in [0.2, 0.25) is 5.91 Å². The third-order valence-electron chi connectivity index (χ3n) is 3.01. The summed E-state index contributed by atoms with van der Waals surface area (Å²) in [7, 11) is 0. The lowest BCUT2D eigenvalue weighted by Crippen LogP contribution is -2.42. The fourth-order valence-corrected chi connectivity index (χ4v) is 1.94. The number of aliphatic hydroxyl groups is 1. The molecule has 1 rings (SSSR count). The molecular formula is C11H21NO3. The lowest BCUT2D eigenvalue weighted by Gasteiger charge is -2.20. The number of aliphatic hydroxyl groups excluding tert-OH is 1. The predicted octanol–water partition coefficient (Wildman–Crippen LogP) is 0.689. The van der Waals surface area contributed by atoms with E-state index in [1.807, 2.05) is 13.8 Å². The van der Waals surface area contributed by atoms with Gasteiger partial charge in [-0.3, -0.25) is 4.79 Å². The normalized spacial score (nSPS) is 27.7. The summed E-state index contributed by atoms with van der Waals surface area (Å²) in [6.45, 7) is 4.66. The smallest absolute Gasteiger partial charge is 0.226 e. The summed E-state index contributed by atoms with van der Waals surface area (Å²) in [4.78, 5) is 11.8. The largest absolute Gasteiger partial charge is 0.394 e. The van der Waals surface area contributed by atoms with Crippen molar-refractivity contribution in [1.29, 1.82) is 0 Å². The summed E-state index contributed by atoms with van der Waals surface area (Å²) in [6, 6.07) is -0.115. The van der Waals surface area contributed by atoms with Crippen molar-refractivity contribution in [3.63, 3.8) is 0 Å². The van der Waals surface area contributed by atoms with Crippen molar-refractivity contribution in [2.24, 2.45) is 5.92 Å². The van der Waals surface area contributed by atoms with E-state index < -0.39 is 0 Å². The molecule has 0 radical (unpaired) electrons.